The van der Waals surface area contributed by atoms with E-state index in [1.807, 2.05) is 0 Å². The van der Waals surface area contributed by atoms with E-state index >= 15 is 0 Å². The van der Waals surface area contributed by atoms with Gasteiger partial charge in [-0.1, -0.05) is 183 Å². The van der Waals surface area contributed by atoms with E-state index in [1.54, 1.807) is 11.1 Å². The van der Waals surface area contributed by atoms with Crippen molar-refractivity contribution in [1.29, 1.82) is 0 Å². The fraction of sp³-hybridized carbons (Fsp3) is 0.286. The van der Waals surface area contributed by atoms with Gasteiger partial charge in [-0.15, -0.1) is 0 Å². The molecule has 3 aliphatic rings. The zero-order valence-corrected chi connectivity index (χ0v) is 68.0. The quantitative estimate of drug-likeness (QED) is 0.142. The molecule has 3 aliphatic carbocycles. The van der Waals surface area contributed by atoms with Crippen molar-refractivity contribution in [1.82, 2.24) is 0 Å². The molecule has 0 unspecified atom stereocenters. The predicted molar refractivity (Wildman–Crippen MR) is 463 cm³/mol. The smallest absolute Gasteiger partial charge is 0.200 e. The summed E-state index contributed by atoms with van der Waals surface area (Å²) in [6.45, 7) is 19.9. The molecule has 110 heavy (non-hydrogen) atoms. The van der Waals surface area contributed by atoms with Crippen LogP contribution in [0, 0.1) is 67.7 Å². The molecule has 0 amide bonds. The fourth-order valence-corrected chi connectivity index (χ4v) is 18.7. The van der Waals surface area contributed by atoms with Crippen LogP contribution in [0.15, 0.2) is 267 Å². The Morgan fingerprint density at radius 1 is 0.282 bits per heavy atom. The minimum absolute atomic E-state index is 0.693. The molecule has 0 N–H and O–H groups in total. The summed E-state index contributed by atoms with van der Waals surface area (Å²) in [6.07, 6.45) is 22.6. The molecule has 554 valence electrons. The molecule has 5 nitrogen and oxygen atoms in total. The van der Waals surface area contributed by atoms with E-state index in [9.17, 15) is 0 Å². The first kappa shape index (κ1) is 76.0. The lowest BCUT2D eigenvalue weighted by Crippen LogP contribution is -2.33. The number of nitrogens with zero attached hydrogens (tertiary/aromatic N) is 5. The average molecular weight is 1450 g/mol. The van der Waals surface area contributed by atoms with E-state index < -0.39 is 0 Å². The molecule has 5 heterocycles. The summed E-state index contributed by atoms with van der Waals surface area (Å²) < 4.78 is 11.5. The Morgan fingerprint density at radius 2 is 0.709 bits per heavy atom. The lowest BCUT2D eigenvalue weighted by molar-refractivity contribution is -0.659. The summed E-state index contributed by atoms with van der Waals surface area (Å²) in [4.78, 5) is 0. The summed E-state index contributed by atoms with van der Waals surface area (Å²) in [5, 5.41) is 9.32. The Balaban J connectivity index is 0.000000117. The SMILES string of the molecule is Cc1cc(C)c(C)c(-c2cc(C3CCC4(CCCC4)CC3)c3ccccc3[n+]2C)c1.Cc1cc(C)c(C)c(-c2cc(C3CCCCC3)c3ccccc3[n+]2C)c1.Cc1ccccc1-c1c2ccccc2cc[n+]1C.Cc1ccccc1-c1cc2ccccc2c[n+]1C.Cc1ccccc1-c1ccc2ccccc2[n+]1C. The lowest BCUT2D eigenvalue weighted by Gasteiger charge is -2.37. The van der Waals surface area contributed by atoms with Crippen molar-refractivity contribution in [2.75, 3.05) is 0 Å². The first-order valence-electron chi connectivity index (χ1n) is 40.6. The number of benzene rings is 10. The van der Waals surface area contributed by atoms with Gasteiger partial charge in [0.25, 0.3) is 0 Å². The van der Waals surface area contributed by atoms with Crippen molar-refractivity contribution in [3.05, 3.63) is 328 Å². The Bertz CT molecular complexity index is 5800. The molecule has 15 aromatic rings. The van der Waals surface area contributed by atoms with Crippen LogP contribution in [0.4, 0.5) is 0 Å². The number of rotatable bonds is 7. The third kappa shape index (κ3) is 16.1. The van der Waals surface area contributed by atoms with Gasteiger partial charge in [-0.3, -0.25) is 0 Å². The zero-order valence-electron chi connectivity index (χ0n) is 68.0. The van der Waals surface area contributed by atoms with Crippen molar-refractivity contribution in [3.8, 4) is 56.3 Å². The fourth-order valence-electron chi connectivity index (χ4n) is 18.7. The number of fused-ring (bicyclic) bond motifs is 5. The van der Waals surface area contributed by atoms with Crippen molar-refractivity contribution in [2.24, 2.45) is 40.7 Å². The van der Waals surface area contributed by atoms with Gasteiger partial charge in [-0.2, -0.15) is 13.7 Å². The van der Waals surface area contributed by atoms with Crippen molar-refractivity contribution >= 4 is 54.3 Å². The van der Waals surface area contributed by atoms with Crippen LogP contribution in [0.2, 0.25) is 0 Å². The van der Waals surface area contributed by atoms with Crippen LogP contribution in [0.3, 0.4) is 0 Å². The van der Waals surface area contributed by atoms with Crippen molar-refractivity contribution < 1.29 is 22.8 Å². The van der Waals surface area contributed by atoms with Crippen LogP contribution < -0.4 is 22.8 Å². The van der Waals surface area contributed by atoms with Gasteiger partial charge in [0.1, 0.15) is 35.2 Å². The van der Waals surface area contributed by atoms with Gasteiger partial charge in [0, 0.05) is 97.9 Å². The second-order valence-electron chi connectivity index (χ2n) is 32.5. The van der Waals surface area contributed by atoms with Gasteiger partial charge < -0.3 is 0 Å². The van der Waals surface area contributed by atoms with Gasteiger partial charge in [0.05, 0.1) is 5.39 Å². The van der Waals surface area contributed by atoms with Crippen LogP contribution in [0.1, 0.15) is 157 Å². The van der Waals surface area contributed by atoms with E-state index in [0.717, 1.165) is 0 Å². The molecule has 0 atom stereocenters. The summed E-state index contributed by atoms with van der Waals surface area (Å²) >= 11 is 0. The summed E-state index contributed by atoms with van der Waals surface area (Å²) in [5.41, 5.74) is 33.2. The average Bonchev–Trinajstić information content (AvgIpc) is 0.842. The first-order chi connectivity index (χ1) is 53.3. The third-order valence-corrected chi connectivity index (χ3v) is 25.2. The number of aromatic nitrogens is 5. The van der Waals surface area contributed by atoms with Crippen molar-refractivity contribution in [3.63, 3.8) is 0 Å². The van der Waals surface area contributed by atoms with E-state index in [1.165, 1.54) is 244 Å². The molecular weight excluding hydrogens is 1330 g/mol. The van der Waals surface area contributed by atoms with E-state index in [-0.39, 0.29) is 0 Å². The largest absolute Gasteiger partial charge is 0.220 e. The molecule has 18 rings (SSSR count). The molecule has 5 heteroatoms. The zero-order chi connectivity index (χ0) is 76.7. The molecule has 0 bridgehead atoms. The van der Waals surface area contributed by atoms with Crippen LogP contribution in [-0.4, -0.2) is 0 Å². The van der Waals surface area contributed by atoms with E-state index in [4.69, 9.17) is 0 Å². The van der Waals surface area contributed by atoms with Crippen molar-refractivity contribution in [2.45, 2.75) is 158 Å². The maximum atomic E-state index is 2.54. The summed E-state index contributed by atoms with van der Waals surface area (Å²) in [5.74, 6) is 1.41. The highest BCUT2D eigenvalue weighted by atomic mass is 15.0. The summed E-state index contributed by atoms with van der Waals surface area (Å²) in [6, 6.07) is 92.3. The maximum absolute atomic E-state index is 2.54. The highest BCUT2D eigenvalue weighted by Crippen LogP contribution is 2.53. The van der Waals surface area contributed by atoms with E-state index in [2.05, 4.69) is 388 Å². The van der Waals surface area contributed by atoms with Gasteiger partial charge in [-0.05, 0) is 259 Å². The third-order valence-electron chi connectivity index (χ3n) is 25.2. The minimum Gasteiger partial charge on any atom is -0.200 e. The summed E-state index contributed by atoms with van der Waals surface area (Å²) in [7, 11) is 10.8. The van der Waals surface area contributed by atoms with Gasteiger partial charge >= 0.3 is 0 Å². The van der Waals surface area contributed by atoms with Gasteiger partial charge in [0.2, 0.25) is 45.0 Å². The molecule has 3 saturated carbocycles. The topological polar surface area (TPSA) is 19.4 Å². The molecule has 0 aliphatic heterocycles. The number of aryl methyl sites for hydroxylation is 12. The normalized spacial score (nSPS) is 14.2. The van der Waals surface area contributed by atoms with Gasteiger partial charge in [-0.25, -0.2) is 9.13 Å². The molecule has 10 aromatic carbocycles. The monoisotopic (exact) mass is 1440 g/mol. The second-order valence-corrected chi connectivity index (χ2v) is 32.5. The lowest BCUT2D eigenvalue weighted by atomic mass is 9.67. The van der Waals surface area contributed by atoms with Crippen LogP contribution in [-0.2, 0) is 35.2 Å². The maximum Gasteiger partial charge on any atom is 0.220 e. The second kappa shape index (κ2) is 33.6. The predicted octanol–water partition coefficient (Wildman–Crippen LogP) is 24.7. The van der Waals surface area contributed by atoms with Gasteiger partial charge in [0.15, 0.2) is 12.4 Å². The molecule has 3 fully saturated rings. The Morgan fingerprint density at radius 3 is 1.25 bits per heavy atom. The first-order valence-corrected chi connectivity index (χ1v) is 40.6. The van der Waals surface area contributed by atoms with E-state index in [0.29, 0.717) is 17.3 Å². The highest BCUT2D eigenvalue weighted by Gasteiger charge is 2.39. The Hall–Kier alpha value is -10.8. The molecule has 1 spiro atoms. The van der Waals surface area contributed by atoms with Crippen LogP contribution in [0.5, 0.6) is 0 Å². The highest BCUT2D eigenvalue weighted by molar-refractivity contribution is 5.94. The number of hydrogen-bond donors (Lipinski definition) is 0. The standard InChI is InChI=1S/C29H36N.C25H30N.3C17H16N/c1-20-17-21(2)22(3)25(18-20)28-19-26(24-9-5-6-10-27(24)30(28)4)23-11-15-29(16-12-23)13-7-8-14-29;1-17-14-18(2)19(3)22(15-17)25-16-23(20-10-6-5-7-11-20)21-12-8-9-13-24(21)26(25)4;1-13-7-3-6-10-16(13)17-11-14-8-4-5-9-15(14)12-18(17)2;1-13-7-3-5-9-15(13)17-16-10-6-4-8-14(16)11-12-18(17)2;1-13-7-3-5-9-15(13)17-12-11-14-8-4-6-10-16(14)18(17)2/h5-6,9-10,17-19,23H,7-8,11-16H2,1-4H3;8-9,12-16,20H,5-7,10-11H2,1-4H3;3*3-12H,1-2H3/q5*+1. The van der Waals surface area contributed by atoms with Crippen LogP contribution >= 0.6 is 0 Å². The molecule has 0 radical (unpaired) electrons. The molecular formula is C105H114N5+5. The Kier molecular flexibility index (Phi) is 23.2. The molecule has 5 aromatic heterocycles. The minimum atomic E-state index is 0.693. The molecule has 0 saturated heterocycles. The number of hydrogen-bond acceptors (Lipinski definition) is 0. The van der Waals surface area contributed by atoms with Crippen LogP contribution in [0.25, 0.3) is 111 Å². The number of para-hydroxylation sites is 3. The number of pyridine rings is 5. The Labute approximate surface area is 655 Å².